The highest BCUT2D eigenvalue weighted by Crippen LogP contribution is 2.29. The summed E-state index contributed by atoms with van der Waals surface area (Å²) in [5.74, 6) is 0.00524. The minimum Gasteiger partial charge on any atom is -0.456 e. The number of aromatic nitrogens is 2. The van der Waals surface area contributed by atoms with Crippen molar-refractivity contribution in [3.63, 3.8) is 0 Å². The van der Waals surface area contributed by atoms with Crippen LogP contribution in [-0.2, 0) is 20.9 Å². The van der Waals surface area contributed by atoms with Gasteiger partial charge in [0, 0.05) is 6.54 Å². The van der Waals surface area contributed by atoms with E-state index in [1.807, 2.05) is 44.2 Å². The Bertz CT molecular complexity index is 1430. The molecule has 4 rings (SSSR count). The Morgan fingerprint density at radius 3 is 2.54 bits per heavy atom. The third kappa shape index (κ3) is 5.92. The second-order valence-corrected chi connectivity index (χ2v) is 8.08. The Morgan fingerprint density at radius 1 is 0.971 bits per heavy atom. The minimum atomic E-state index is -0.597. The SMILES string of the molecule is Cc1ccc(Oc2ccccc2NC(=O)COC(=O)CCn2cnc3c(C)cccc3c2=O)cc1. The molecule has 3 aromatic carbocycles. The van der Waals surface area contributed by atoms with Crippen LogP contribution in [0.3, 0.4) is 0 Å². The topological polar surface area (TPSA) is 99.5 Å². The number of hydrogen-bond acceptors (Lipinski definition) is 6. The normalized spacial score (nSPS) is 10.7. The van der Waals surface area contributed by atoms with Gasteiger partial charge in [-0.1, -0.05) is 42.0 Å². The molecule has 35 heavy (non-hydrogen) atoms. The number of para-hydroxylation sites is 3. The third-order valence-corrected chi connectivity index (χ3v) is 5.39. The van der Waals surface area contributed by atoms with Crippen LogP contribution in [0, 0.1) is 13.8 Å². The Labute approximate surface area is 202 Å². The van der Waals surface area contributed by atoms with Crippen LogP contribution in [0.4, 0.5) is 5.69 Å². The fourth-order valence-corrected chi connectivity index (χ4v) is 3.51. The zero-order valence-corrected chi connectivity index (χ0v) is 19.5. The molecule has 0 radical (unpaired) electrons. The van der Waals surface area contributed by atoms with Crippen molar-refractivity contribution in [2.24, 2.45) is 0 Å². The number of hydrogen-bond donors (Lipinski definition) is 1. The van der Waals surface area contributed by atoms with Crippen LogP contribution in [0.2, 0.25) is 0 Å². The number of amides is 1. The van der Waals surface area contributed by atoms with Gasteiger partial charge in [0.05, 0.1) is 29.3 Å². The first-order valence-electron chi connectivity index (χ1n) is 11.1. The quantitative estimate of drug-likeness (QED) is 0.383. The van der Waals surface area contributed by atoms with Gasteiger partial charge in [0.15, 0.2) is 12.4 Å². The average molecular weight is 472 g/mol. The van der Waals surface area contributed by atoms with E-state index in [4.69, 9.17) is 9.47 Å². The highest BCUT2D eigenvalue weighted by molar-refractivity contribution is 5.94. The Kier molecular flexibility index (Phi) is 7.21. The number of benzene rings is 3. The lowest BCUT2D eigenvalue weighted by Gasteiger charge is -2.12. The predicted octanol–water partition coefficient (Wildman–Crippen LogP) is 4.38. The fourth-order valence-electron chi connectivity index (χ4n) is 3.51. The molecule has 1 aromatic heterocycles. The fraction of sp³-hybridized carbons (Fsp3) is 0.185. The van der Waals surface area contributed by atoms with E-state index in [-0.39, 0.29) is 18.5 Å². The number of ether oxygens (including phenoxy) is 2. The molecular weight excluding hydrogens is 446 g/mol. The first-order chi connectivity index (χ1) is 16.9. The van der Waals surface area contributed by atoms with Crippen LogP contribution in [0.25, 0.3) is 10.9 Å². The van der Waals surface area contributed by atoms with E-state index < -0.39 is 18.5 Å². The maximum Gasteiger partial charge on any atom is 0.308 e. The van der Waals surface area contributed by atoms with Crippen molar-refractivity contribution in [1.82, 2.24) is 9.55 Å². The van der Waals surface area contributed by atoms with Crippen molar-refractivity contribution in [2.75, 3.05) is 11.9 Å². The molecule has 0 spiro atoms. The number of fused-ring (bicyclic) bond motifs is 1. The Morgan fingerprint density at radius 2 is 1.74 bits per heavy atom. The van der Waals surface area contributed by atoms with Gasteiger partial charge in [-0.25, -0.2) is 4.98 Å². The number of nitrogens with zero attached hydrogens (tertiary/aromatic N) is 2. The first-order valence-corrected chi connectivity index (χ1v) is 11.1. The molecule has 0 bridgehead atoms. The average Bonchev–Trinajstić information content (AvgIpc) is 2.85. The van der Waals surface area contributed by atoms with E-state index in [9.17, 15) is 14.4 Å². The highest BCUT2D eigenvalue weighted by Gasteiger charge is 2.13. The minimum absolute atomic E-state index is 0.0701. The summed E-state index contributed by atoms with van der Waals surface area (Å²) in [5.41, 5.74) is 2.88. The number of nitrogens with one attached hydrogen (secondary N) is 1. The molecule has 0 fully saturated rings. The second-order valence-electron chi connectivity index (χ2n) is 8.08. The zero-order chi connectivity index (χ0) is 24.8. The number of anilines is 1. The summed E-state index contributed by atoms with van der Waals surface area (Å²) in [6, 6.07) is 19.9. The summed E-state index contributed by atoms with van der Waals surface area (Å²) in [7, 11) is 0. The standard InChI is InChI=1S/C27H25N3O5/c1-18-10-12-20(13-11-18)35-23-9-4-3-8-22(23)29-24(31)16-34-25(32)14-15-30-17-28-26-19(2)6-5-7-21(26)27(30)33/h3-13,17H,14-16H2,1-2H3,(H,29,31). The lowest BCUT2D eigenvalue weighted by atomic mass is 10.1. The van der Waals surface area contributed by atoms with Crippen molar-refractivity contribution in [2.45, 2.75) is 26.8 Å². The summed E-state index contributed by atoms with van der Waals surface area (Å²) >= 11 is 0. The van der Waals surface area contributed by atoms with Gasteiger partial charge in [0.25, 0.3) is 11.5 Å². The number of carbonyl (C=O) groups excluding carboxylic acids is 2. The maximum atomic E-state index is 12.6. The summed E-state index contributed by atoms with van der Waals surface area (Å²) in [6.07, 6.45) is 1.35. The third-order valence-electron chi connectivity index (χ3n) is 5.39. The predicted molar refractivity (Wildman–Crippen MR) is 133 cm³/mol. The van der Waals surface area contributed by atoms with Crippen molar-refractivity contribution < 1.29 is 19.1 Å². The molecule has 0 saturated carbocycles. The molecule has 178 valence electrons. The van der Waals surface area contributed by atoms with E-state index in [2.05, 4.69) is 10.3 Å². The molecule has 0 unspecified atom stereocenters. The molecule has 0 atom stereocenters. The molecule has 1 heterocycles. The molecule has 4 aromatic rings. The first kappa shape index (κ1) is 23.7. The molecule has 1 amide bonds. The van der Waals surface area contributed by atoms with E-state index in [1.54, 1.807) is 36.4 Å². The number of aryl methyl sites for hydroxylation is 3. The van der Waals surface area contributed by atoms with Crippen molar-refractivity contribution >= 4 is 28.5 Å². The molecule has 8 nitrogen and oxygen atoms in total. The molecule has 0 aliphatic heterocycles. The van der Waals surface area contributed by atoms with Crippen LogP contribution in [0.1, 0.15) is 17.5 Å². The Balaban J connectivity index is 1.31. The van der Waals surface area contributed by atoms with Crippen LogP contribution in [0.15, 0.2) is 77.9 Å². The van der Waals surface area contributed by atoms with Crippen LogP contribution < -0.4 is 15.6 Å². The van der Waals surface area contributed by atoms with E-state index >= 15 is 0 Å². The van der Waals surface area contributed by atoms with Crippen LogP contribution in [-0.4, -0.2) is 28.0 Å². The van der Waals surface area contributed by atoms with Gasteiger partial charge in [-0.3, -0.25) is 19.0 Å². The molecule has 0 aliphatic rings. The van der Waals surface area contributed by atoms with Gasteiger partial charge < -0.3 is 14.8 Å². The zero-order valence-electron chi connectivity index (χ0n) is 19.5. The van der Waals surface area contributed by atoms with Gasteiger partial charge in [0.2, 0.25) is 0 Å². The van der Waals surface area contributed by atoms with Gasteiger partial charge >= 0.3 is 5.97 Å². The summed E-state index contributed by atoms with van der Waals surface area (Å²) in [6.45, 7) is 3.51. The van der Waals surface area contributed by atoms with Crippen LogP contribution >= 0.6 is 0 Å². The van der Waals surface area contributed by atoms with Crippen molar-refractivity contribution in [3.8, 4) is 11.5 Å². The lowest BCUT2D eigenvalue weighted by molar-refractivity contribution is -0.147. The van der Waals surface area contributed by atoms with E-state index in [0.717, 1.165) is 11.1 Å². The largest absolute Gasteiger partial charge is 0.456 e. The number of rotatable bonds is 8. The highest BCUT2D eigenvalue weighted by atomic mass is 16.5. The van der Waals surface area contributed by atoms with Gasteiger partial charge in [-0.05, 0) is 49.7 Å². The smallest absolute Gasteiger partial charge is 0.308 e. The summed E-state index contributed by atoms with van der Waals surface area (Å²) in [5, 5.41) is 3.19. The maximum absolute atomic E-state index is 12.6. The van der Waals surface area contributed by atoms with Crippen molar-refractivity contribution in [1.29, 1.82) is 0 Å². The lowest BCUT2D eigenvalue weighted by Crippen LogP contribution is -2.24. The summed E-state index contributed by atoms with van der Waals surface area (Å²) < 4.78 is 12.3. The molecule has 0 aliphatic carbocycles. The second kappa shape index (κ2) is 10.6. The van der Waals surface area contributed by atoms with Crippen LogP contribution in [0.5, 0.6) is 11.5 Å². The van der Waals surface area contributed by atoms with E-state index in [1.165, 1.54) is 10.9 Å². The molecule has 0 saturated heterocycles. The van der Waals surface area contributed by atoms with Gasteiger partial charge in [0.1, 0.15) is 5.75 Å². The molecular formula is C27H25N3O5. The van der Waals surface area contributed by atoms with E-state index in [0.29, 0.717) is 28.1 Å². The van der Waals surface area contributed by atoms with Gasteiger partial charge in [-0.15, -0.1) is 0 Å². The number of esters is 1. The van der Waals surface area contributed by atoms with Gasteiger partial charge in [-0.2, -0.15) is 0 Å². The molecule has 8 heteroatoms. The monoisotopic (exact) mass is 471 g/mol. The summed E-state index contributed by atoms with van der Waals surface area (Å²) in [4.78, 5) is 41.5. The molecule has 1 N–H and O–H groups in total. The Hall–Kier alpha value is -4.46. The number of carbonyl (C=O) groups is 2. The van der Waals surface area contributed by atoms with Crippen molar-refractivity contribution in [3.05, 3.63) is 94.5 Å².